The van der Waals surface area contributed by atoms with Crippen LogP contribution in [-0.2, 0) is 32.2 Å². The largest absolute Gasteiger partial charge is 0.748 e. The quantitative estimate of drug-likeness (QED) is 0.0848. The molecule has 37 heavy (non-hydrogen) atoms. The molecule has 1 atom stereocenters. The molecule has 2 heterocycles. The third kappa shape index (κ3) is 8.11. The molecule has 4 rings (SSSR count). The Kier molecular flexibility index (Phi) is 10.3. The summed E-state index contributed by atoms with van der Waals surface area (Å²) in [4.78, 5) is 3.29. The maximum absolute atomic E-state index is 11.1. The third-order valence-electron chi connectivity index (χ3n) is 5.62. The molecule has 0 saturated heterocycles. The molecule has 2 aromatic carbocycles. The highest BCUT2D eigenvalue weighted by Crippen LogP contribution is 2.48. The molecule has 1 N–H and O–H groups in total. The molecular weight excluding hydrogens is 691 g/mol. The summed E-state index contributed by atoms with van der Waals surface area (Å²) in [6, 6.07) is 12.1. The number of halogens is 2. The first-order valence-electron chi connectivity index (χ1n) is 11.4. The second kappa shape index (κ2) is 13.0. The van der Waals surface area contributed by atoms with Crippen LogP contribution in [0, 0.1) is 3.57 Å². The van der Waals surface area contributed by atoms with Crippen molar-refractivity contribution in [1.82, 2.24) is 0 Å². The number of benzene rings is 2. The van der Waals surface area contributed by atoms with Crippen LogP contribution in [0.15, 0.2) is 46.3 Å². The van der Waals surface area contributed by atoms with Gasteiger partial charge in [-0.3, -0.25) is 8.74 Å². The second-order valence-corrected chi connectivity index (χ2v) is 14.3. The SMILES string of the molecule is O=S(O)OCCCCN1C(=Cc2sc3ccc(I)cc3[n+]2CCCCS(=O)(=O)[O-])Sc2ccc(Cl)cc21. The molecule has 0 saturated carbocycles. The molecule has 0 fully saturated rings. The molecule has 14 heteroatoms. The van der Waals surface area contributed by atoms with Crippen LogP contribution in [0.3, 0.4) is 0 Å². The van der Waals surface area contributed by atoms with Gasteiger partial charge in [-0.05, 0) is 72.2 Å². The molecule has 200 valence electrons. The molecule has 1 aromatic heterocycles. The number of anilines is 1. The fraction of sp³-hybridized carbons (Fsp3) is 0.348. The van der Waals surface area contributed by atoms with Gasteiger partial charge in [0.15, 0.2) is 6.54 Å². The summed E-state index contributed by atoms with van der Waals surface area (Å²) in [5, 5.41) is 2.69. The van der Waals surface area contributed by atoms with Crippen LogP contribution < -0.4 is 9.47 Å². The van der Waals surface area contributed by atoms with Crippen LogP contribution in [0.25, 0.3) is 16.3 Å². The van der Waals surface area contributed by atoms with Gasteiger partial charge >= 0.3 is 11.4 Å². The molecule has 0 amide bonds. The minimum Gasteiger partial charge on any atom is -0.748 e. The Bertz CT molecular complexity index is 1450. The van der Waals surface area contributed by atoms with Crippen LogP contribution in [0.5, 0.6) is 0 Å². The van der Waals surface area contributed by atoms with E-state index in [0.29, 0.717) is 37.4 Å². The van der Waals surface area contributed by atoms with Crippen molar-refractivity contribution in [3.05, 3.63) is 55.0 Å². The average Bonchev–Trinajstić information content (AvgIpc) is 3.32. The molecule has 1 aliphatic heterocycles. The number of fused-ring (bicyclic) bond motifs is 2. The highest BCUT2D eigenvalue weighted by atomic mass is 127. The van der Waals surface area contributed by atoms with Crippen molar-refractivity contribution in [2.45, 2.75) is 37.1 Å². The van der Waals surface area contributed by atoms with Crippen molar-refractivity contribution in [3.63, 3.8) is 0 Å². The topological polar surface area (TPSA) is 111 Å². The maximum atomic E-state index is 11.1. The van der Waals surface area contributed by atoms with Gasteiger partial charge in [0.1, 0.15) is 4.70 Å². The standard InChI is InChI=1S/C23H24ClIN2O6S4/c24-16-5-7-20-18(13-16)26(9-1-3-11-33-36(28)29)22(34-20)15-23-27(10-2-4-12-37(30,31)32)19-14-17(25)6-8-21(19)35-23/h5-8,13-15H,1-4,9-12H2,(H-,28,29,30,31,32). The second-order valence-electron chi connectivity index (χ2n) is 8.27. The Hall–Kier alpha value is -0.780. The predicted octanol–water partition coefficient (Wildman–Crippen LogP) is 5.62. The van der Waals surface area contributed by atoms with E-state index in [0.717, 1.165) is 40.8 Å². The van der Waals surface area contributed by atoms with Crippen molar-refractivity contribution >= 4 is 101 Å². The highest BCUT2D eigenvalue weighted by molar-refractivity contribution is 14.1. The summed E-state index contributed by atoms with van der Waals surface area (Å²) in [6.07, 6.45) is 4.38. The first kappa shape index (κ1) is 29.2. The van der Waals surface area contributed by atoms with E-state index in [1.807, 2.05) is 18.2 Å². The molecule has 0 aliphatic carbocycles. The van der Waals surface area contributed by atoms with Gasteiger partial charge in [-0.15, -0.1) is 0 Å². The van der Waals surface area contributed by atoms with E-state index in [1.54, 1.807) is 23.1 Å². The van der Waals surface area contributed by atoms with Gasteiger partial charge in [0.05, 0.1) is 33.5 Å². The van der Waals surface area contributed by atoms with Gasteiger partial charge in [0.2, 0.25) is 5.52 Å². The Morgan fingerprint density at radius 3 is 2.76 bits per heavy atom. The lowest BCUT2D eigenvalue weighted by Gasteiger charge is -2.20. The van der Waals surface area contributed by atoms with E-state index in [2.05, 4.69) is 56.3 Å². The maximum Gasteiger partial charge on any atom is 0.301 e. The minimum absolute atomic E-state index is 0.194. The molecule has 0 radical (unpaired) electrons. The first-order valence-corrected chi connectivity index (χ1v) is 17.1. The van der Waals surface area contributed by atoms with E-state index in [-0.39, 0.29) is 12.4 Å². The zero-order valence-electron chi connectivity index (χ0n) is 19.5. The average molecular weight is 715 g/mol. The summed E-state index contributed by atoms with van der Waals surface area (Å²) >= 11 is 9.63. The molecule has 3 aromatic rings. The lowest BCUT2D eigenvalue weighted by Crippen LogP contribution is -2.35. The van der Waals surface area contributed by atoms with Gasteiger partial charge in [-0.1, -0.05) is 34.7 Å². The summed E-state index contributed by atoms with van der Waals surface area (Å²) in [6.45, 7) is 1.46. The highest BCUT2D eigenvalue weighted by Gasteiger charge is 2.28. The van der Waals surface area contributed by atoms with Crippen LogP contribution >= 0.6 is 57.3 Å². The van der Waals surface area contributed by atoms with Crippen molar-refractivity contribution in [2.75, 3.05) is 23.8 Å². The lowest BCUT2D eigenvalue weighted by atomic mass is 10.2. The smallest absolute Gasteiger partial charge is 0.301 e. The van der Waals surface area contributed by atoms with E-state index in [1.165, 1.54) is 0 Å². The van der Waals surface area contributed by atoms with Gasteiger partial charge in [-0.25, -0.2) is 8.42 Å². The monoisotopic (exact) mass is 714 g/mol. The van der Waals surface area contributed by atoms with Crippen molar-refractivity contribution < 1.29 is 30.5 Å². The fourth-order valence-electron chi connectivity index (χ4n) is 3.98. The Labute approximate surface area is 245 Å². The molecule has 0 bridgehead atoms. The van der Waals surface area contributed by atoms with E-state index in [9.17, 15) is 17.2 Å². The van der Waals surface area contributed by atoms with Crippen LogP contribution in [0.2, 0.25) is 5.02 Å². The number of hydrogen-bond acceptors (Lipinski definition) is 8. The van der Waals surface area contributed by atoms with Crippen molar-refractivity contribution in [2.24, 2.45) is 0 Å². The Balaban J connectivity index is 1.63. The van der Waals surface area contributed by atoms with Crippen molar-refractivity contribution in [3.8, 4) is 0 Å². The minimum atomic E-state index is -4.23. The molecular formula is C23H24ClIN2O6S4. The number of rotatable bonds is 12. The number of aromatic nitrogens is 1. The number of thiazole rings is 1. The van der Waals surface area contributed by atoms with Crippen LogP contribution in [-0.4, -0.2) is 40.6 Å². The summed E-state index contributed by atoms with van der Waals surface area (Å²) < 4.78 is 61.9. The van der Waals surface area contributed by atoms with Crippen molar-refractivity contribution in [1.29, 1.82) is 0 Å². The van der Waals surface area contributed by atoms with E-state index in [4.69, 9.17) is 20.3 Å². The normalized spacial score (nSPS) is 15.6. The molecule has 8 nitrogen and oxygen atoms in total. The van der Waals surface area contributed by atoms with Gasteiger partial charge in [0, 0.05) is 38.3 Å². The number of hydrogen-bond donors (Lipinski definition) is 1. The number of unbranched alkanes of at least 4 members (excludes halogenated alkanes) is 2. The van der Waals surface area contributed by atoms with Gasteiger partial charge in [0.25, 0.3) is 5.01 Å². The first-order chi connectivity index (χ1) is 17.6. The Morgan fingerprint density at radius 2 is 2.00 bits per heavy atom. The number of nitrogens with zero attached hydrogens (tertiary/aromatic N) is 2. The third-order valence-corrected chi connectivity index (χ3v) is 9.91. The summed E-state index contributed by atoms with van der Waals surface area (Å²) in [5.74, 6) is -0.364. The fourth-order valence-corrected chi connectivity index (χ4v) is 7.73. The van der Waals surface area contributed by atoms with Gasteiger partial charge in [-0.2, -0.15) is 8.78 Å². The molecule has 1 aliphatic rings. The zero-order chi connectivity index (χ0) is 26.6. The molecule has 1 unspecified atom stereocenters. The molecule has 0 spiro atoms. The summed E-state index contributed by atoms with van der Waals surface area (Å²) in [7, 11) is -4.23. The van der Waals surface area contributed by atoms with E-state index < -0.39 is 21.5 Å². The number of thioether (sulfide) groups is 1. The predicted molar refractivity (Wildman–Crippen MR) is 157 cm³/mol. The zero-order valence-corrected chi connectivity index (χ0v) is 25.6. The van der Waals surface area contributed by atoms with Gasteiger partial charge < -0.3 is 9.45 Å². The van der Waals surface area contributed by atoms with E-state index >= 15 is 0 Å². The summed E-state index contributed by atoms with van der Waals surface area (Å²) in [5.41, 5.74) is 2.08. The van der Waals surface area contributed by atoms with Crippen LogP contribution in [0.1, 0.15) is 30.7 Å². The number of aryl methyl sites for hydroxylation is 1. The Morgan fingerprint density at radius 1 is 1.19 bits per heavy atom. The van der Waals surface area contributed by atoms with Crippen LogP contribution in [0.4, 0.5) is 5.69 Å². The lowest BCUT2D eigenvalue weighted by molar-refractivity contribution is -0.669.